The summed E-state index contributed by atoms with van der Waals surface area (Å²) in [4.78, 5) is 0. The van der Waals surface area contributed by atoms with Gasteiger partial charge in [-0.05, 0) is 29.9 Å². The van der Waals surface area contributed by atoms with Crippen molar-refractivity contribution >= 4 is 0 Å². The Kier molecular flexibility index (Phi) is 5.54. The van der Waals surface area contributed by atoms with Gasteiger partial charge in [0.2, 0.25) is 0 Å². The van der Waals surface area contributed by atoms with E-state index in [1.165, 1.54) is 11.1 Å². The van der Waals surface area contributed by atoms with Crippen LogP contribution in [-0.2, 0) is 6.42 Å². The first-order valence-corrected chi connectivity index (χ1v) is 6.40. The van der Waals surface area contributed by atoms with Gasteiger partial charge in [-0.3, -0.25) is 0 Å². The molecule has 1 rings (SSSR count). The third kappa shape index (κ3) is 4.36. The molecule has 0 aliphatic carbocycles. The Labute approximate surface area is 99.5 Å². The van der Waals surface area contributed by atoms with Crippen LogP contribution in [0.3, 0.4) is 0 Å². The van der Waals surface area contributed by atoms with Gasteiger partial charge < -0.3 is 5.11 Å². The quantitative estimate of drug-likeness (QED) is 0.770. The Morgan fingerprint density at radius 2 is 1.75 bits per heavy atom. The molecule has 0 saturated heterocycles. The fraction of sp³-hybridized carbons (Fsp3) is 0.600. The zero-order valence-electron chi connectivity index (χ0n) is 10.7. The molecule has 90 valence electrons. The summed E-state index contributed by atoms with van der Waals surface area (Å²) in [6, 6.07) is 8.63. The number of aliphatic hydroxyl groups excluding tert-OH is 1. The van der Waals surface area contributed by atoms with E-state index in [1.54, 1.807) is 0 Å². The molecule has 0 radical (unpaired) electrons. The van der Waals surface area contributed by atoms with Crippen LogP contribution < -0.4 is 0 Å². The zero-order chi connectivity index (χ0) is 12.0. The van der Waals surface area contributed by atoms with E-state index in [0.717, 1.165) is 25.7 Å². The van der Waals surface area contributed by atoms with Crippen LogP contribution >= 0.6 is 0 Å². The van der Waals surface area contributed by atoms with Crippen molar-refractivity contribution in [2.24, 2.45) is 0 Å². The fourth-order valence-corrected chi connectivity index (χ4v) is 1.85. The second kappa shape index (κ2) is 6.70. The lowest BCUT2D eigenvalue weighted by molar-refractivity contribution is 0.162. The summed E-state index contributed by atoms with van der Waals surface area (Å²) in [7, 11) is 0. The highest BCUT2D eigenvalue weighted by Gasteiger charge is 2.05. The minimum atomic E-state index is -0.176. The SMILES string of the molecule is CCCCC(O)Cc1ccc(C(C)C)cc1. The molecule has 0 amide bonds. The summed E-state index contributed by atoms with van der Waals surface area (Å²) < 4.78 is 0. The molecule has 16 heavy (non-hydrogen) atoms. The minimum Gasteiger partial charge on any atom is -0.393 e. The molecule has 0 fully saturated rings. The molecule has 1 heteroatoms. The molecule has 0 spiro atoms. The molecule has 1 nitrogen and oxygen atoms in total. The van der Waals surface area contributed by atoms with Crippen molar-refractivity contribution < 1.29 is 5.11 Å². The smallest absolute Gasteiger partial charge is 0.0580 e. The van der Waals surface area contributed by atoms with Crippen LogP contribution in [0.25, 0.3) is 0 Å². The van der Waals surface area contributed by atoms with Gasteiger partial charge in [-0.15, -0.1) is 0 Å². The van der Waals surface area contributed by atoms with Crippen LogP contribution in [0.4, 0.5) is 0 Å². The number of hydrogen-bond acceptors (Lipinski definition) is 1. The lowest BCUT2D eigenvalue weighted by Crippen LogP contribution is -2.10. The van der Waals surface area contributed by atoms with Gasteiger partial charge >= 0.3 is 0 Å². The molecule has 0 heterocycles. The summed E-state index contributed by atoms with van der Waals surface area (Å²) in [5, 5.41) is 9.81. The average Bonchev–Trinajstić information content (AvgIpc) is 2.27. The number of unbranched alkanes of at least 4 members (excludes halogenated alkanes) is 1. The van der Waals surface area contributed by atoms with Crippen molar-refractivity contribution in [2.45, 2.75) is 58.5 Å². The Hall–Kier alpha value is -0.820. The fourth-order valence-electron chi connectivity index (χ4n) is 1.85. The lowest BCUT2D eigenvalue weighted by Gasteiger charge is -2.11. The van der Waals surface area contributed by atoms with Crippen molar-refractivity contribution in [3.8, 4) is 0 Å². The number of benzene rings is 1. The first-order valence-electron chi connectivity index (χ1n) is 6.40. The molecule has 1 atom stereocenters. The largest absolute Gasteiger partial charge is 0.393 e. The number of rotatable bonds is 6. The number of aliphatic hydroxyl groups is 1. The van der Waals surface area contributed by atoms with Crippen molar-refractivity contribution in [3.63, 3.8) is 0 Å². The van der Waals surface area contributed by atoms with Crippen molar-refractivity contribution in [2.75, 3.05) is 0 Å². The van der Waals surface area contributed by atoms with Crippen LogP contribution in [0.5, 0.6) is 0 Å². The van der Waals surface area contributed by atoms with E-state index in [2.05, 4.69) is 45.0 Å². The van der Waals surface area contributed by atoms with E-state index in [-0.39, 0.29) is 6.10 Å². The molecule has 0 aliphatic rings. The predicted octanol–water partition coefficient (Wildman–Crippen LogP) is 3.90. The maximum absolute atomic E-state index is 9.81. The summed E-state index contributed by atoms with van der Waals surface area (Å²) in [5.41, 5.74) is 2.61. The van der Waals surface area contributed by atoms with E-state index < -0.39 is 0 Å². The van der Waals surface area contributed by atoms with Gasteiger partial charge in [-0.1, -0.05) is 57.9 Å². The van der Waals surface area contributed by atoms with Gasteiger partial charge in [0.25, 0.3) is 0 Å². The summed E-state index contributed by atoms with van der Waals surface area (Å²) in [5.74, 6) is 0.582. The highest BCUT2D eigenvalue weighted by molar-refractivity contribution is 5.25. The Morgan fingerprint density at radius 1 is 1.12 bits per heavy atom. The molecule has 0 aromatic heterocycles. The standard InChI is InChI=1S/C15H24O/c1-4-5-6-15(16)11-13-7-9-14(10-8-13)12(2)3/h7-10,12,15-16H,4-6,11H2,1-3H3. The van der Waals surface area contributed by atoms with Crippen LogP contribution in [0, 0.1) is 0 Å². The predicted molar refractivity (Wildman–Crippen MR) is 69.8 cm³/mol. The summed E-state index contributed by atoms with van der Waals surface area (Å²) in [6.45, 7) is 6.56. The van der Waals surface area contributed by atoms with Crippen molar-refractivity contribution in [1.82, 2.24) is 0 Å². The monoisotopic (exact) mass is 220 g/mol. The highest BCUT2D eigenvalue weighted by Crippen LogP contribution is 2.16. The van der Waals surface area contributed by atoms with E-state index in [4.69, 9.17) is 0 Å². The molecule has 0 saturated carbocycles. The second-order valence-electron chi connectivity index (χ2n) is 4.90. The first-order chi connectivity index (χ1) is 7.63. The third-order valence-electron chi connectivity index (χ3n) is 3.01. The van der Waals surface area contributed by atoms with Gasteiger partial charge in [0.05, 0.1) is 6.10 Å². The highest BCUT2D eigenvalue weighted by atomic mass is 16.3. The average molecular weight is 220 g/mol. The Morgan fingerprint density at radius 3 is 2.25 bits per heavy atom. The molecular formula is C15H24O. The van der Waals surface area contributed by atoms with E-state index >= 15 is 0 Å². The molecule has 1 aromatic carbocycles. The van der Waals surface area contributed by atoms with E-state index in [9.17, 15) is 5.11 Å². The van der Waals surface area contributed by atoms with Gasteiger partial charge in [-0.2, -0.15) is 0 Å². The molecule has 0 aliphatic heterocycles. The third-order valence-corrected chi connectivity index (χ3v) is 3.01. The maximum atomic E-state index is 9.81. The second-order valence-corrected chi connectivity index (χ2v) is 4.90. The van der Waals surface area contributed by atoms with Crippen molar-refractivity contribution in [1.29, 1.82) is 0 Å². The molecule has 0 bridgehead atoms. The van der Waals surface area contributed by atoms with Gasteiger partial charge in [0, 0.05) is 0 Å². The molecule has 1 aromatic rings. The molecule has 1 N–H and O–H groups in total. The van der Waals surface area contributed by atoms with Gasteiger partial charge in [0.15, 0.2) is 0 Å². The van der Waals surface area contributed by atoms with Crippen LogP contribution in [0.1, 0.15) is 57.1 Å². The lowest BCUT2D eigenvalue weighted by atomic mass is 9.98. The summed E-state index contributed by atoms with van der Waals surface area (Å²) >= 11 is 0. The summed E-state index contributed by atoms with van der Waals surface area (Å²) in [6.07, 6.45) is 3.81. The van der Waals surface area contributed by atoms with Gasteiger partial charge in [-0.25, -0.2) is 0 Å². The maximum Gasteiger partial charge on any atom is 0.0580 e. The van der Waals surface area contributed by atoms with Gasteiger partial charge in [0.1, 0.15) is 0 Å². The first kappa shape index (κ1) is 13.2. The minimum absolute atomic E-state index is 0.176. The van der Waals surface area contributed by atoms with E-state index in [0.29, 0.717) is 5.92 Å². The Balaban J connectivity index is 2.48. The van der Waals surface area contributed by atoms with Crippen molar-refractivity contribution in [3.05, 3.63) is 35.4 Å². The van der Waals surface area contributed by atoms with Crippen LogP contribution in [0.15, 0.2) is 24.3 Å². The Bertz CT molecular complexity index is 287. The zero-order valence-corrected chi connectivity index (χ0v) is 10.7. The van der Waals surface area contributed by atoms with E-state index in [1.807, 2.05) is 0 Å². The molecule has 1 unspecified atom stereocenters. The normalized spacial score (nSPS) is 13.1. The topological polar surface area (TPSA) is 20.2 Å². The number of hydrogen-bond donors (Lipinski definition) is 1. The molecular weight excluding hydrogens is 196 g/mol. The van der Waals surface area contributed by atoms with Crippen LogP contribution in [-0.4, -0.2) is 11.2 Å². The van der Waals surface area contributed by atoms with Crippen LogP contribution in [0.2, 0.25) is 0 Å².